The van der Waals surface area contributed by atoms with Crippen molar-refractivity contribution in [1.82, 2.24) is 14.3 Å². The maximum absolute atomic E-state index is 13.6. The van der Waals surface area contributed by atoms with Crippen LogP contribution in [-0.2, 0) is 4.79 Å². The lowest BCUT2D eigenvalue weighted by Crippen LogP contribution is -2.40. The number of hydrogen-bond acceptors (Lipinski definition) is 6. The summed E-state index contributed by atoms with van der Waals surface area (Å²) in [6, 6.07) is 3.81. The number of aryl methyl sites for hydroxylation is 1. The quantitative estimate of drug-likeness (QED) is 0.489. The third kappa shape index (κ3) is 4.35. The first kappa shape index (κ1) is 23.0. The van der Waals surface area contributed by atoms with Crippen LogP contribution in [0.4, 0.5) is 5.82 Å². The smallest absolute Gasteiger partial charge is 0.267 e. The standard InChI is InChI=1S/C24H30N4O2S2/c1-14(2)11-28-23(30)19(32-24(28)31)10-18-21(26-12-15(3)9-16(4)13-26)25-20-17(5)7-6-8-27(20)22(18)29/h6-8,10,14-16H,9,11-13H2,1-5H3/b19-10+. The van der Waals surface area contributed by atoms with Gasteiger partial charge in [-0.15, -0.1) is 0 Å². The summed E-state index contributed by atoms with van der Waals surface area (Å²) in [5, 5.41) is 0. The van der Waals surface area contributed by atoms with Crippen LogP contribution in [0.2, 0.25) is 0 Å². The lowest BCUT2D eigenvalue weighted by Gasteiger charge is -2.36. The number of nitrogens with zero attached hydrogens (tertiary/aromatic N) is 4. The Kier molecular flexibility index (Phi) is 6.45. The van der Waals surface area contributed by atoms with Gasteiger partial charge in [-0.3, -0.25) is 18.9 Å². The van der Waals surface area contributed by atoms with Gasteiger partial charge in [-0.1, -0.05) is 57.7 Å². The van der Waals surface area contributed by atoms with E-state index in [1.807, 2.05) is 19.1 Å². The molecular formula is C24H30N4O2S2. The van der Waals surface area contributed by atoms with Crippen LogP contribution in [0.25, 0.3) is 11.7 Å². The molecule has 0 N–H and O–H groups in total. The predicted molar refractivity (Wildman–Crippen MR) is 136 cm³/mol. The Hall–Kier alpha value is -2.19. The number of amides is 1. The molecular weight excluding hydrogens is 440 g/mol. The molecule has 1 amide bonds. The molecule has 2 atom stereocenters. The van der Waals surface area contributed by atoms with Gasteiger partial charge in [0.15, 0.2) is 0 Å². The molecule has 0 aromatic carbocycles. The molecule has 0 aliphatic carbocycles. The van der Waals surface area contributed by atoms with Crippen molar-refractivity contribution < 1.29 is 4.79 Å². The SMILES string of the molecule is Cc1cccn2c(=O)c(/C=C3/SC(=S)N(CC(C)C)C3=O)c(N3CC(C)CC(C)C3)nc12. The summed E-state index contributed by atoms with van der Waals surface area (Å²) < 4.78 is 2.12. The van der Waals surface area contributed by atoms with Gasteiger partial charge in [0.1, 0.15) is 15.8 Å². The van der Waals surface area contributed by atoms with Crippen LogP contribution in [0, 0.1) is 24.7 Å². The highest BCUT2D eigenvalue weighted by Gasteiger charge is 2.34. The summed E-state index contributed by atoms with van der Waals surface area (Å²) in [4.78, 5) is 36.0. The first-order valence-corrected chi connectivity index (χ1v) is 12.4. The second kappa shape index (κ2) is 8.98. The van der Waals surface area contributed by atoms with Crippen molar-refractivity contribution in [2.45, 2.75) is 41.0 Å². The van der Waals surface area contributed by atoms with Crippen molar-refractivity contribution in [2.24, 2.45) is 17.8 Å². The summed E-state index contributed by atoms with van der Waals surface area (Å²) in [6.45, 7) is 12.8. The fourth-order valence-corrected chi connectivity index (χ4v) is 5.91. The Morgan fingerprint density at radius 2 is 1.94 bits per heavy atom. The van der Waals surface area contributed by atoms with Crippen LogP contribution in [0.15, 0.2) is 28.0 Å². The number of thiocarbonyl (C=S) groups is 1. The number of hydrogen-bond donors (Lipinski definition) is 0. The molecule has 2 aromatic heterocycles. The molecule has 4 rings (SSSR count). The predicted octanol–water partition coefficient (Wildman–Crippen LogP) is 4.34. The molecule has 2 aliphatic rings. The first-order chi connectivity index (χ1) is 15.2. The number of aromatic nitrogens is 2. The highest BCUT2D eigenvalue weighted by molar-refractivity contribution is 8.26. The molecule has 4 heterocycles. The molecule has 2 saturated heterocycles. The number of piperidine rings is 1. The Morgan fingerprint density at radius 3 is 2.59 bits per heavy atom. The summed E-state index contributed by atoms with van der Waals surface area (Å²) >= 11 is 6.73. The zero-order valence-corrected chi connectivity index (χ0v) is 20.9. The maximum Gasteiger partial charge on any atom is 0.267 e. The van der Waals surface area contributed by atoms with Gasteiger partial charge in [-0.2, -0.15) is 0 Å². The van der Waals surface area contributed by atoms with Gasteiger partial charge in [-0.25, -0.2) is 4.98 Å². The number of carbonyl (C=O) groups is 1. The Labute approximate surface area is 198 Å². The Morgan fingerprint density at radius 1 is 1.25 bits per heavy atom. The van der Waals surface area contributed by atoms with Gasteiger partial charge >= 0.3 is 0 Å². The second-order valence-electron chi connectivity index (χ2n) is 9.58. The van der Waals surface area contributed by atoms with Crippen LogP contribution < -0.4 is 10.5 Å². The number of fused-ring (bicyclic) bond motifs is 1. The van der Waals surface area contributed by atoms with E-state index >= 15 is 0 Å². The third-order valence-electron chi connectivity index (χ3n) is 5.93. The third-order valence-corrected chi connectivity index (χ3v) is 7.31. The molecule has 0 radical (unpaired) electrons. The molecule has 0 spiro atoms. The highest BCUT2D eigenvalue weighted by atomic mass is 32.2. The van der Waals surface area contributed by atoms with E-state index in [2.05, 4.69) is 32.6 Å². The second-order valence-corrected chi connectivity index (χ2v) is 11.3. The van der Waals surface area contributed by atoms with Crippen molar-refractivity contribution in [1.29, 1.82) is 0 Å². The summed E-state index contributed by atoms with van der Waals surface area (Å²) in [5.41, 5.74) is 1.90. The summed E-state index contributed by atoms with van der Waals surface area (Å²) in [6.07, 6.45) is 4.61. The molecule has 0 saturated carbocycles. The molecule has 2 unspecified atom stereocenters. The van der Waals surface area contributed by atoms with Crippen molar-refractivity contribution in [3.05, 3.63) is 44.7 Å². The average molecular weight is 471 g/mol. The Bertz CT molecular complexity index is 1160. The van der Waals surface area contributed by atoms with Gasteiger partial charge in [-0.05, 0) is 48.8 Å². The highest BCUT2D eigenvalue weighted by Crippen LogP contribution is 2.35. The molecule has 2 fully saturated rings. The molecule has 32 heavy (non-hydrogen) atoms. The van der Waals surface area contributed by atoms with Crippen molar-refractivity contribution in [3.63, 3.8) is 0 Å². The van der Waals surface area contributed by atoms with Gasteiger partial charge in [0.2, 0.25) is 0 Å². The number of anilines is 1. The zero-order chi connectivity index (χ0) is 23.2. The summed E-state index contributed by atoms with van der Waals surface area (Å²) in [7, 11) is 0. The van der Waals surface area contributed by atoms with Crippen LogP contribution in [0.5, 0.6) is 0 Å². The van der Waals surface area contributed by atoms with E-state index in [0.29, 0.717) is 50.6 Å². The maximum atomic E-state index is 13.6. The molecule has 2 aliphatic heterocycles. The van der Waals surface area contributed by atoms with E-state index in [9.17, 15) is 9.59 Å². The van der Waals surface area contributed by atoms with Crippen molar-refractivity contribution in [3.8, 4) is 0 Å². The van der Waals surface area contributed by atoms with E-state index in [1.165, 1.54) is 11.8 Å². The molecule has 2 aromatic rings. The van der Waals surface area contributed by atoms with Gasteiger partial charge in [0.25, 0.3) is 11.5 Å². The minimum Gasteiger partial charge on any atom is -0.355 e. The normalized spacial score (nSPS) is 23.2. The fourth-order valence-electron chi connectivity index (χ4n) is 4.66. The number of rotatable bonds is 4. The molecule has 170 valence electrons. The van der Waals surface area contributed by atoms with Crippen LogP contribution in [0.1, 0.15) is 45.2 Å². The number of pyridine rings is 1. The fraction of sp³-hybridized carbons (Fsp3) is 0.500. The Balaban J connectivity index is 1.87. The molecule has 8 heteroatoms. The molecule has 6 nitrogen and oxygen atoms in total. The van der Waals surface area contributed by atoms with Crippen LogP contribution in [-0.4, -0.2) is 44.1 Å². The topological polar surface area (TPSA) is 57.9 Å². The van der Waals surface area contributed by atoms with Gasteiger partial charge in [0, 0.05) is 25.8 Å². The van der Waals surface area contributed by atoms with E-state index in [4.69, 9.17) is 17.2 Å². The van der Waals surface area contributed by atoms with Gasteiger partial charge in [0.05, 0.1) is 10.5 Å². The first-order valence-electron chi connectivity index (χ1n) is 11.2. The van der Waals surface area contributed by atoms with Crippen molar-refractivity contribution >= 4 is 51.7 Å². The van der Waals surface area contributed by atoms with E-state index in [0.717, 1.165) is 25.1 Å². The largest absolute Gasteiger partial charge is 0.355 e. The number of thioether (sulfide) groups is 1. The minimum atomic E-state index is -0.159. The number of carbonyl (C=O) groups excluding carboxylic acids is 1. The van der Waals surface area contributed by atoms with E-state index in [-0.39, 0.29) is 11.5 Å². The average Bonchev–Trinajstić information content (AvgIpc) is 2.96. The lowest BCUT2D eigenvalue weighted by atomic mass is 9.91. The van der Waals surface area contributed by atoms with Crippen LogP contribution >= 0.6 is 24.0 Å². The monoisotopic (exact) mass is 470 g/mol. The lowest BCUT2D eigenvalue weighted by molar-refractivity contribution is -0.122. The van der Waals surface area contributed by atoms with Gasteiger partial charge < -0.3 is 4.90 Å². The van der Waals surface area contributed by atoms with Crippen LogP contribution in [0.3, 0.4) is 0 Å². The zero-order valence-electron chi connectivity index (χ0n) is 19.3. The van der Waals surface area contributed by atoms with E-state index in [1.54, 1.807) is 21.6 Å². The van der Waals surface area contributed by atoms with E-state index < -0.39 is 0 Å². The minimum absolute atomic E-state index is 0.131. The van der Waals surface area contributed by atoms with Crippen molar-refractivity contribution in [2.75, 3.05) is 24.5 Å². The summed E-state index contributed by atoms with van der Waals surface area (Å²) in [5.74, 6) is 1.85. The molecule has 0 bridgehead atoms.